The van der Waals surface area contributed by atoms with Crippen molar-refractivity contribution in [1.82, 2.24) is 4.72 Å². The van der Waals surface area contributed by atoms with Gasteiger partial charge in [0.1, 0.15) is 0 Å². The standard InChI is InChI=1S/C15H25NO2S/c1-12(2)13-6-8-14(9-7-13)19(17,18)16-11-10-15(3,4)5/h6-9,12,16H,10-11H2,1-5H3. The Balaban J connectivity index is 2.72. The highest BCUT2D eigenvalue weighted by Crippen LogP contribution is 2.19. The Kier molecular flexibility index (Phi) is 5.16. The Morgan fingerprint density at radius 2 is 1.63 bits per heavy atom. The van der Waals surface area contributed by atoms with Gasteiger partial charge in [-0.1, -0.05) is 46.8 Å². The average molecular weight is 283 g/mol. The molecule has 19 heavy (non-hydrogen) atoms. The van der Waals surface area contributed by atoms with Crippen molar-refractivity contribution in [2.45, 2.75) is 51.9 Å². The van der Waals surface area contributed by atoms with Crippen LogP contribution >= 0.6 is 0 Å². The molecule has 3 nitrogen and oxygen atoms in total. The third-order valence-corrected chi connectivity index (χ3v) is 4.50. The number of nitrogens with one attached hydrogen (secondary N) is 1. The SMILES string of the molecule is CC(C)c1ccc(S(=O)(=O)NCCC(C)(C)C)cc1. The number of hydrogen-bond donors (Lipinski definition) is 1. The van der Waals surface area contributed by atoms with Gasteiger partial charge in [0.25, 0.3) is 0 Å². The Morgan fingerprint density at radius 1 is 1.11 bits per heavy atom. The lowest BCUT2D eigenvalue weighted by molar-refractivity contribution is 0.378. The van der Waals surface area contributed by atoms with Crippen LogP contribution in [0.5, 0.6) is 0 Å². The fourth-order valence-electron chi connectivity index (χ4n) is 1.68. The van der Waals surface area contributed by atoms with Crippen molar-refractivity contribution in [1.29, 1.82) is 0 Å². The third-order valence-electron chi connectivity index (χ3n) is 3.02. The molecule has 0 aliphatic heterocycles. The van der Waals surface area contributed by atoms with E-state index in [1.54, 1.807) is 12.1 Å². The molecule has 0 spiro atoms. The van der Waals surface area contributed by atoms with E-state index in [0.29, 0.717) is 17.4 Å². The molecular weight excluding hydrogens is 258 g/mol. The van der Waals surface area contributed by atoms with Gasteiger partial charge < -0.3 is 0 Å². The quantitative estimate of drug-likeness (QED) is 0.898. The van der Waals surface area contributed by atoms with E-state index in [4.69, 9.17) is 0 Å². The predicted octanol–water partition coefficient (Wildman–Crippen LogP) is 3.52. The summed E-state index contributed by atoms with van der Waals surface area (Å²) in [7, 11) is -3.38. The summed E-state index contributed by atoms with van der Waals surface area (Å²) in [5.74, 6) is 0.408. The summed E-state index contributed by atoms with van der Waals surface area (Å²) < 4.78 is 26.8. The van der Waals surface area contributed by atoms with Gasteiger partial charge in [0.15, 0.2) is 0 Å². The van der Waals surface area contributed by atoms with Crippen LogP contribution in [0.2, 0.25) is 0 Å². The van der Waals surface area contributed by atoms with Crippen molar-refractivity contribution in [3.8, 4) is 0 Å². The fraction of sp³-hybridized carbons (Fsp3) is 0.600. The highest BCUT2D eigenvalue weighted by molar-refractivity contribution is 7.89. The maximum atomic E-state index is 12.1. The largest absolute Gasteiger partial charge is 0.240 e. The van der Waals surface area contributed by atoms with E-state index in [2.05, 4.69) is 39.3 Å². The molecule has 0 radical (unpaired) electrons. The van der Waals surface area contributed by atoms with Gasteiger partial charge in [0.05, 0.1) is 4.90 Å². The second-order valence-corrected chi connectivity index (χ2v) is 8.20. The molecule has 0 saturated heterocycles. The smallest absolute Gasteiger partial charge is 0.211 e. The van der Waals surface area contributed by atoms with Gasteiger partial charge in [-0.05, 0) is 35.4 Å². The van der Waals surface area contributed by atoms with Crippen LogP contribution in [0.4, 0.5) is 0 Å². The zero-order valence-corrected chi connectivity index (χ0v) is 13.3. The van der Waals surface area contributed by atoms with Crippen LogP contribution in [0.3, 0.4) is 0 Å². The van der Waals surface area contributed by atoms with Crippen molar-refractivity contribution in [3.63, 3.8) is 0 Å². The summed E-state index contributed by atoms with van der Waals surface area (Å²) in [6, 6.07) is 7.11. The van der Waals surface area contributed by atoms with Crippen molar-refractivity contribution in [2.24, 2.45) is 5.41 Å². The van der Waals surface area contributed by atoms with Gasteiger partial charge in [0.2, 0.25) is 10.0 Å². The molecule has 0 bridgehead atoms. The second kappa shape index (κ2) is 6.06. The molecule has 108 valence electrons. The second-order valence-electron chi connectivity index (χ2n) is 6.43. The first-order chi connectivity index (χ1) is 8.62. The maximum absolute atomic E-state index is 12.1. The maximum Gasteiger partial charge on any atom is 0.240 e. The molecule has 1 rings (SSSR count). The Bertz CT molecular complexity index is 496. The highest BCUT2D eigenvalue weighted by atomic mass is 32.2. The van der Waals surface area contributed by atoms with E-state index in [1.165, 1.54) is 0 Å². The number of benzene rings is 1. The van der Waals surface area contributed by atoms with E-state index < -0.39 is 10.0 Å². The molecule has 1 N–H and O–H groups in total. The van der Waals surface area contributed by atoms with Gasteiger partial charge in [0, 0.05) is 6.54 Å². The summed E-state index contributed by atoms with van der Waals surface area (Å²) in [6.45, 7) is 10.9. The molecule has 0 unspecified atom stereocenters. The summed E-state index contributed by atoms with van der Waals surface area (Å²) in [5, 5.41) is 0. The Labute approximate surface area is 117 Å². The summed E-state index contributed by atoms with van der Waals surface area (Å²) in [6.07, 6.45) is 0.816. The van der Waals surface area contributed by atoms with Crippen LogP contribution in [0.25, 0.3) is 0 Å². The van der Waals surface area contributed by atoms with Crippen LogP contribution in [-0.2, 0) is 10.0 Å². The van der Waals surface area contributed by atoms with E-state index in [-0.39, 0.29) is 5.41 Å². The molecule has 0 fully saturated rings. The average Bonchev–Trinajstić information content (AvgIpc) is 2.27. The summed E-state index contributed by atoms with van der Waals surface area (Å²) >= 11 is 0. The van der Waals surface area contributed by atoms with E-state index >= 15 is 0 Å². The predicted molar refractivity (Wildman–Crippen MR) is 79.8 cm³/mol. The van der Waals surface area contributed by atoms with Gasteiger partial charge in [-0.15, -0.1) is 0 Å². The van der Waals surface area contributed by atoms with Crippen molar-refractivity contribution in [3.05, 3.63) is 29.8 Å². The topological polar surface area (TPSA) is 46.2 Å². The highest BCUT2D eigenvalue weighted by Gasteiger charge is 2.16. The minimum absolute atomic E-state index is 0.129. The Hall–Kier alpha value is -0.870. The third kappa shape index (κ3) is 5.33. The number of sulfonamides is 1. The van der Waals surface area contributed by atoms with E-state index in [0.717, 1.165) is 12.0 Å². The van der Waals surface area contributed by atoms with Gasteiger partial charge in [-0.3, -0.25) is 0 Å². The summed E-state index contributed by atoms with van der Waals surface area (Å²) in [5.41, 5.74) is 1.28. The lowest BCUT2D eigenvalue weighted by Gasteiger charge is -2.18. The number of rotatable bonds is 5. The first-order valence-corrected chi connectivity index (χ1v) is 8.20. The molecule has 0 saturated carbocycles. The first kappa shape index (κ1) is 16.2. The van der Waals surface area contributed by atoms with Gasteiger partial charge in [-0.2, -0.15) is 0 Å². The molecule has 0 aliphatic carbocycles. The lowest BCUT2D eigenvalue weighted by atomic mass is 9.93. The van der Waals surface area contributed by atoms with E-state index in [9.17, 15) is 8.42 Å². The van der Waals surface area contributed by atoms with Crippen LogP contribution in [0, 0.1) is 5.41 Å². The van der Waals surface area contributed by atoms with Crippen molar-refractivity contribution in [2.75, 3.05) is 6.54 Å². The van der Waals surface area contributed by atoms with Crippen molar-refractivity contribution >= 4 is 10.0 Å². The minimum atomic E-state index is -3.38. The normalized spacial score (nSPS) is 12.9. The molecule has 0 aliphatic rings. The van der Waals surface area contributed by atoms with Crippen LogP contribution in [0.15, 0.2) is 29.2 Å². The monoisotopic (exact) mass is 283 g/mol. The molecule has 1 aromatic rings. The van der Waals surface area contributed by atoms with Crippen LogP contribution < -0.4 is 4.72 Å². The first-order valence-electron chi connectivity index (χ1n) is 6.71. The van der Waals surface area contributed by atoms with Crippen LogP contribution in [-0.4, -0.2) is 15.0 Å². The lowest BCUT2D eigenvalue weighted by Crippen LogP contribution is -2.27. The fourth-order valence-corrected chi connectivity index (χ4v) is 2.71. The zero-order valence-electron chi connectivity index (χ0n) is 12.5. The molecular formula is C15H25NO2S. The molecule has 0 aromatic heterocycles. The van der Waals surface area contributed by atoms with Gasteiger partial charge in [-0.25, -0.2) is 13.1 Å². The van der Waals surface area contributed by atoms with Gasteiger partial charge >= 0.3 is 0 Å². The Morgan fingerprint density at radius 3 is 2.05 bits per heavy atom. The molecule has 0 amide bonds. The molecule has 0 atom stereocenters. The van der Waals surface area contributed by atoms with E-state index in [1.807, 2.05) is 12.1 Å². The molecule has 0 heterocycles. The van der Waals surface area contributed by atoms with Crippen LogP contribution in [0.1, 0.15) is 52.5 Å². The minimum Gasteiger partial charge on any atom is -0.211 e. The molecule has 1 aromatic carbocycles. The summed E-state index contributed by atoms with van der Waals surface area (Å²) in [4.78, 5) is 0.339. The number of hydrogen-bond acceptors (Lipinski definition) is 2. The molecule has 4 heteroatoms. The van der Waals surface area contributed by atoms with Crippen molar-refractivity contribution < 1.29 is 8.42 Å². The zero-order chi connectivity index (χ0) is 14.7.